The van der Waals surface area contributed by atoms with Crippen LogP contribution in [0.1, 0.15) is 75.4 Å². The third kappa shape index (κ3) is 7.14. The number of carbonyl (C=O) groups excluding carboxylic acids is 5. The predicted octanol–water partition coefficient (Wildman–Crippen LogP) is 2.60. The van der Waals surface area contributed by atoms with Crippen LogP contribution in [-0.4, -0.2) is 78.3 Å². The normalized spacial score (nSPS) is 26.0. The average Bonchev–Trinajstić information content (AvgIpc) is 3.96. The van der Waals surface area contributed by atoms with Gasteiger partial charge >= 0.3 is 0 Å². The van der Waals surface area contributed by atoms with Gasteiger partial charge in [-0.2, -0.15) is 0 Å². The molecule has 3 saturated carbocycles. The monoisotopic (exact) mass is 697 g/mol. The third-order valence-corrected chi connectivity index (χ3v) is 12.6. The van der Waals surface area contributed by atoms with Gasteiger partial charge in [-0.05, 0) is 67.4 Å². The summed E-state index contributed by atoms with van der Waals surface area (Å²) in [7, 11) is -3.88. The highest BCUT2D eigenvalue weighted by molar-refractivity contribution is 7.91. The van der Waals surface area contributed by atoms with E-state index in [1.807, 2.05) is 45.0 Å². The van der Waals surface area contributed by atoms with Gasteiger partial charge in [-0.3, -0.25) is 28.7 Å². The van der Waals surface area contributed by atoms with Crippen molar-refractivity contribution in [1.29, 1.82) is 0 Å². The Morgan fingerprint density at radius 2 is 1.81 bits per heavy atom. The molecule has 2 heterocycles. The largest absolute Gasteiger partial charge is 0.347 e. The summed E-state index contributed by atoms with van der Waals surface area (Å²) in [6, 6.07) is 6.74. The number of hydrogen-bond donors (Lipinski definition) is 4. The molecule has 0 bridgehead atoms. The maximum absolute atomic E-state index is 14.3. The van der Waals surface area contributed by atoms with Crippen molar-refractivity contribution in [3.8, 4) is 0 Å². The lowest BCUT2D eigenvalue weighted by atomic mass is 9.85. The van der Waals surface area contributed by atoms with Crippen LogP contribution in [0.25, 0.3) is 10.1 Å². The number of rotatable bonds is 12. The Kier molecular flexibility index (Phi) is 8.94. The Morgan fingerprint density at radius 3 is 2.42 bits per heavy atom. The first-order valence-corrected chi connectivity index (χ1v) is 18.9. The number of likely N-dealkylation sites (tertiary alicyclic amines) is 1. The number of carbonyl (C=O) groups is 5. The van der Waals surface area contributed by atoms with E-state index in [4.69, 9.17) is 0 Å². The number of nitrogens with one attached hydrogen (secondary N) is 4. The highest BCUT2D eigenvalue weighted by atomic mass is 32.2. The minimum atomic E-state index is -3.88. The Morgan fingerprint density at radius 1 is 1.10 bits per heavy atom. The highest BCUT2D eigenvalue weighted by Gasteiger charge is 2.62. The van der Waals surface area contributed by atoms with Gasteiger partial charge in [-0.15, -0.1) is 17.9 Å². The molecule has 0 radical (unpaired) electrons. The molecule has 1 aromatic carbocycles. The Labute approximate surface area is 284 Å². The van der Waals surface area contributed by atoms with Crippen molar-refractivity contribution < 1.29 is 32.4 Å². The van der Waals surface area contributed by atoms with Crippen molar-refractivity contribution in [2.24, 2.45) is 17.3 Å². The lowest BCUT2D eigenvalue weighted by Gasteiger charge is -2.35. The van der Waals surface area contributed by atoms with E-state index < -0.39 is 68.0 Å². The molecule has 5 atom stereocenters. The lowest BCUT2D eigenvalue weighted by molar-refractivity contribution is -0.144. The lowest BCUT2D eigenvalue weighted by Crippen LogP contribution is -2.60. The summed E-state index contributed by atoms with van der Waals surface area (Å²) in [6.45, 7) is 9.24. The molecule has 4 aliphatic rings. The summed E-state index contributed by atoms with van der Waals surface area (Å²) in [5.74, 6) is -2.73. The van der Waals surface area contributed by atoms with Crippen molar-refractivity contribution >= 4 is 61.0 Å². The number of nitrogens with zero attached hydrogens (tertiary/aromatic N) is 1. The quantitative estimate of drug-likeness (QED) is 0.247. The van der Waals surface area contributed by atoms with Crippen LogP contribution >= 0.6 is 11.3 Å². The van der Waals surface area contributed by atoms with Crippen LogP contribution in [-0.2, 0) is 29.2 Å². The molecule has 1 aliphatic heterocycles. The Hall–Kier alpha value is -3.78. The molecule has 12 nitrogen and oxygen atoms in total. The summed E-state index contributed by atoms with van der Waals surface area (Å²) in [6.07, 6.45) is 4.91. The predicted molar refractivity (Wildman–Crippen MR) is 181 cm³/mol. The van der Waals surface area contributed by atoms with Crippen molar-refractivity contribution in [1.82, 2.24) is 25.6 Å². The molecular weight excluding hydrogens is 655 g/mol. The van der Waals surface area contributed by atoms with E-state index in [1.165, 1.54) is 22.3 Å². The maximum Gasteiger partial charge on any atom is 0.261 e. The standard InChI is InChI=1S/C34H43N5O7S2/c1-5-21-17-34(21,32(44)38-48(45,46)23-12-13-23)37-29(41)24-16-22(35-30(42)26-15-20-8-6-7-9-25(20)47-26)18-39(24)31(43)28(33(2,3)4)36-27(40)14-19-10-11-19/h5-9,15,19,21-24,28H,1,10-14,16-18H2,2-4H3,(H,35,42)(H,36,40)(H,37,41)(H,38,44)/t21?,22-,24+,28-,34?/m1/s1. The number of thiophene rings is 1. The van der Waals surface area contributed by atoms with Gasteiger partial charge in [-0.25, -0.2) is 8.42 Å². The van der Waals surface area contributed by atoms with E-state index in [-0.39, 0.29) is 31.2 Å². The van der Waals surface area contributed by atoms with Crippen LogP contribution in [0.2, 0.25) is 0 Å². The molecule has 48 heavy (non-hydrogen) atoms. The maximum atomic E-state index is 14.3. The van der Waals surface area contributed by atoms with Crippen LogP contribution in [0, 0.1) is 17.3 Å². The summed E-state index contributed by atoms with van der Waals surface area (Å²) in [4.78, 5) is 69.9. The minimum absolute atomic E-state index is 0.00122. The van der Waals surface area contributed by atoms with Gasteiger partial charge in [0.05, 0.1) is 10.1 Å². The van der Waals surface area contributed by atoms with E-state index in [2.05, 4.69) is 27.3 Å². The summed E-state index contributed by atoms with van der Waals surface area (Å²) >= 11 is 1.34. The zero-order chi connectivity index (χ0) is 34.6. The molecule has 3 aliphatic carbocycles. The van der Waals surface area contributed by atoms with Crippen molar-refractivity contribution in [2.75, 3.05) is 6.54 Å². The fraction of sp³-hybridized carbons (Fsp3) is 0.559. The highest BCUT2D eigenvalue weighted by Crippen LogP contribution is 2.45. The first-order chi connectivity index (χ1) is 22.6. The average molecular weight is 698 g/mol. The van der Waals surface area contributed by atoms with E-state index in [0.29, 0.717) is 30.1 Å². The molecule has 1 aromatic heterocycles. The van der Waals surface area contributed by atoms with Crippen molar-refractivity contribution in [2.45, 2.75) is 94.6 Å². The fourth-order valence-corrected chi connectivity index (χ4v) is 8.75. The Balaban J connectivity index is 1.24. The molecular formula is C34H43N5O7S2. The zero-order valence-electron chi connectivity index (χ0n) is 27.4. The Bertz CT molecular complexity index is 1740. The summed E-state index contributed by atoms with van der Waals surface area (Å²) in [5.41, 5.74) is -2.24. The number of amides is 5. The number of fused-ring (bicyclic) bond motifs is 1. The van der Waals surface area contributed by atoms with Gasteiger partial charge < -0.3 is 20.9 Å². The molecule has 2 unspecified atom stereocenters. The molecule has 258 valence electrons. The SMILES string of the molecule is C=CC1CC1(NC(=O)[C@@H]1C[C@@H](NC(=O)c2cc3ccccc3s2)CN1C(=O)[C@@H](NC(=O)CC1CC1)C(C)(C)C)C(=O)NS(=O)(=O)C1CC1. The van der Waals surface area contributed by atoms with Crippen molar-refractivity contribution in [3.63, 3.8) is 0 Å². The van der Waals surface area contributed by atoms with E-state index in [1.54, 1.807) is 6.07 Å². The second kappa shape index (κ2) is 12.6. The molecule has 1 saturated heterocycles. The van der Waals surface area contributed by atoms with E-state index >= 15 is 0 Å². The molecule has 5 amide bonds. The van der Waals surface area contributed by atoms with E-state index in [0.717, 1.165) is 22.9 Å². The van der Waals surface area contributed by atoms with Crippen LogP contribution in [0.3, 0.4) is 0 Å². The van der Waals surface area contributed by atoms with Gasteiger partial charge in [-0.1, -0.05) is 45.0 Å². The van der Waals surface area contributed by atoms with E-state index in [9.17, 15) is 32.4 Å². The molecule has 2 aromatic rings. The minimum Gasteiger partial charge on any atom is -0.347 e. The van der Waals surface area contributed by atoms with Gasteiger partial charge in [0.15, 0.2) is 0 Å². The smallest absolute Gasteiger partial charge is 0.261 e. The molecule has 4 fully saturated rings. The first-order valence-electron chi connectivity index (χ1n) is 16.5. The second-order valence-electron chi connectivity index (χ2n) is 14.8. The van der Waals surface area contributed by atoms with Crippen LogP contribution < -0.4 is 20.7 Å². The number of benzene rings is 1. The topological polar surface area (TPSA) is 171 Å². The van der Waals surface area contributed by atoms with Crippen molar-refractivity contribution in [3.05, 3.63) is 47.9 Å². The molecule has 6 rings (SSSR count). The summed E-state index contributed by atoms with van der Waals surface area (Å²) < 4.78 is 28.3. The first kappa shape index (κ1) is 34.1. The van der Waals surface area contributed by atoms with Gasteiger partial charge in [0.1, 0.15) is 17.6 Å². The molecule has 14 heteroatoms. The number of hydrogen-bond acceptors (Lipinski definition) is 8. The van der Waals surface area contributed by atoms with Gasteiger partial charge in [0.2, 0.25) is 27.7 Å². The molecule has 0 spiro atoms. The van der Waals surface area contributed by atoms with Crippen LogP contribution in [0.15, 0.2) is 43.0 Å². The fourth-order valence-electron chi connectivity index (χ4n) is 6.42. The number of sulfonamides is 1. The van der Waals surface area contributed by atoms with Crippen LogP contribution in [0.5, 0.6) is 0 Å². The summed E-state index contributed by atoms with van der Waals surface area (Å²) in [5, 5.41) is 8.96. The van der Waals surface area contributed by atoms with Gasteiger partial charge in [0, 0.05) is 29.6 Å². The van der Waals surface area contributed by atoms with Gasteiger partial charge in [0.25, 0.3) is 11.8 Å². The second-order valence-corrected chi connectivity index (χ2v) is 17.8. The molecule has 4 N–H and O–H groups in total. The third-order valence-electron chi connectivity index (χ3n) is 9.71. The van der Waals surface area contributed by atoms with Crippen LogP contribution in [0.4, 0.5) is 0 Å². The zero-order valence-corrected chi connectivity index (χ0v) is 29.0.